The van der Waals surface area contributed by atoms with Crippen LogP contribution >= 0.6 is 0 Å². The summed E-state index contributed by atoms with van der Waals surface area (Å²) < 4.78 is 5.07. The Labute approximate surface area is 107 Å². The van der Waals surface area contributed by atoms with E-state index in [2.05, 4.69) is 29.6 Å². The van der Waals surface area contributed by atoms with Crippen LogP contribution in [0.3, 0.4) is 0 Å². The summed E-state index contributed by atoms with van der Waals surface area (Å²) in [6.07, 6.45) is 2.19. The van der Waals surface area contributed by atoms with Crippen LogP contribution in [0.25, 0.3) is 0 Å². The van der Waals surface area contributed by atoms with E-state index in [0.717, 1.165) is 25.1 Å². The molecule has 18 heavy (non-hydrogen) atoms. The van der Waals surface area contributed by atoms with E-state index in [1.54, 1.807) is 0 Å². The lowest BCUT2D eigenvalue weighted by Crippen LogP contribution is -2.55. The number of carbonyl (C=O) groups is 1. The van der Waals surface area contributed by atoms with Gasteiger partial charge < -0.3 is 15.2 Å². The van der Waals surface area contributed by atoms with Gasteiger partial charge in [-0.1, -0.05) is 19.0 Å². The van der Waals surface area contributed by atoms with Gasteiger partial charge in [0.1, 0.15) is 0 Å². The number of hydrogen-bond acceptors (Lipinski definition) is 4. The SMILES string of the molecule is Cc1cc(CNC(=O)C2NCCCC2(C)C)on1. The first-order chi connectivity index (χ1) is 8.49. The van der Waals surface area contributed by atoms with Crippen LogP contribution in [0.4, 0.5) is 0 Å². The summed E-state index contributed by atoms with van der Waals surface area (Å²) in [6.45, 7) is 7.42. The molecule has 0 spiro atoms. The normalized spacial score (nSPS) is 22.7. The number of amides is 1. The molecule has 1 aromatic rings. The maximum Gasteiger partial charge on any atom is 0.238 e. The maximum atomic E-state index is 12.2. The number of rotatable bonds is 3. The third-order valence-electron chi connectivity index (χ3n) is 3.50. The van der Waals surface area contributed by atoms with E-state index in [-0.39, 0.29) is 17.4 Å². The molecule has 1 aromatic heterocycles. The average molecular weight is 251 g/mol. The van der Waals surface area contributed by atoms with E-state index in [1.807, 2.05) is 13.0 Å². The van der Waals surface area contributed by atoms with Crippen molar-refractivity contribution in [2.75, 3.05) is 6.54 Å². The molecule has 1 saturated heterocycles. The zero-order chi connectivity index (χ0) is 13.2. The van der Waals surface area contributed by atoms with Crippen LogP contribution in [-0.2, 0) is 11.3 Å². The standard InChI is InChI=1S/C13H21N3O2/c1-9-7-10(18-16-9)8-15-12(17)11-13(2,3)5-4-6-14-11/h7,11,14H,4-6,8H2,1-3H3,(H,15,17). The lowest BCUT2D eigenvalue weighted by atomic mass is 9.77. The van der Waals surface area contributed by atoms with Crippen molar-refractivity contribution in [3.8, 4) is 0 Å². The van der Waals surface area contributed by atoms with E-state index in [0.29, 0.717) is 12.3 Å². The zero-order valence-corrected chi connectivity index (χ0v) is 11.2. The maximum absolute atomic E-state index is 12.2. The monoisotopic (exact) mass is 251 g/mol. The molecule has 0 bridgehead atoms. The summed E-state index contributed by atoms with van der Waals surface area (Å²) in [5.41, 5.74) is 0.829. The van der Waals surface area contributed by atoms with Crippen molar-refractivity contribution >= 4 is 5.91 Å². The van der Waals surface area contributed by atoms with Crippen molar-refractivity contribution in [1.82, 2.24) is 15.8 Å². The van der Waals surface area contributed by atoms with Crippen LogP contribution in [0.15, 0.2) is 10.6 Å². The molecule has 2 N–H and O–H groups in total. The van der Waals surface area contributed by atoms with Crippen molar-refractivity contribution in [1.29, 1.82) is 0 Å². The molecule has 1 amide bonds. The van der Waals surface area contributed by atoms with Crippen LogP contribution in [0.2, 0.25) is 0 Å². The molecule has 0 saturated carbocycles. The second-order valence-electron chi connectivity index (χ2n) is 5.63. The molecule has 100 valence electrons. The van der Waals surface area contributed by atoms with Gasteiger partial charge in [-0.25, -0.2) is 0 Å². The van der Waals surface area contributed by atoms with Crippen molar-refractivity contribution in [3.05, 3.63) is 17.5 Å². The number of nitrogens with one attached hydrogen (secondary N) is 2. The van der Waals surface area contributed by atoms with Gasteiger partial charge in [0.05, 0.1) is 18.3 Å². The number of aromatic nitrogens is 1. The van der Waals surface area contributed by atoms with Gasteiger partial charge in [-0.05, 0) is 31.7 Å². The molecule has 2 rings (SSSR count). The molecule has 1 aliphatic heterocycles. The molecule has 1 aliphatic rings. The smallest absolute Gasteiger partial charge is 0.238 e. The van der Waals surface area contributed by atoms with Crippen LogP contribution in [0, 0.1) is 12.3 Å². The van der Waals surface area contributed by atoms with Crippen LogP contribution in [0.5, 0.6) is 0 Å². The molecular formula is C13H21N3O2. The van der Waals surface area contributed by atoms with Gasteiger partial charge >= 0.3 is 0 Å². The van der Waals surface area contributed by atoms with E-state index in [1.165, 1.54) is 0 Å². The third kappa shape index (κ3) is 2.90. The van der Waals surface area contributed by atoms with Crippen molar-refractivity contribution in [2.45, 2.75) is 46.2 Å². The Kier molecular flexibility index (Phi) is 3.71. The van der Waals surface area contributed by atoms with Gasteiger partial charge in [0.2, 0.25) is 5.91 Å². The Morgan fingerprint density at radius 1 is 1.67 bits per heavy atom. The molecule has 0 aliphatic carbocycles. The predicted octanol–water partition coefficient (Wildman–Crippen LogP) is 1.38. The highest BCUT2D eigenvalue weighted by Crippen LogP contribution is 2.30. The quantitative estimate of drug-likeness (QED) is 0.851. The minimum Gasteiger partial charge on any atom is -0.359 e. The van der Waals surface area contributed by atoms with E-state index >= 15 is 0 Å². The highest BCUT2D eigenvalue weighted by Gasteiger charge is 2.36. The second-order valence-corrected chi connectivity index (χ2v) is 5.63. The first kappa shape index (κ1) is 13.1. The van der Waals surface area contributed by atoms with Crippen molar-refractivity contribution in [2.24, 2.45) is 5.41 Å². The number of carbonyl (C=O) groups excluding carboxylic acids is 1. The average Bonchev–Trinajstić information content (AvgIpc) is 2.71. The van der Waals surface area contributed by atoms with Gasteiger partial charge in [0.15, 0.2) is 5.76 Å². The summed E-state index contributed by atoms with van der Waals surface area (Å²) in [5.74, 6) is 0.725. The van der Waals surface area contributed by atoms with Gasteiger partial charge in [-0.15, -0.1) is 0 Å². The molecule has 2 heterocycles. The Hall–Kier alpha value is -1.36. The zero-order valence-electron chi connectivity index (χ0n) is 11.2. The summed E-state index contributed by atoms with van der Waals surface area (Å²) in [5, 5.41) is 9.99. The molecule has 0 radical (unpaired) electrons. The molecule has 1 fully saturated rings. The number of piperidine rings is 1. The molecular weight excluding hydrogens is 230 g/mol. The van der Waals surface area contributed by atoms with E-state index in [9.17, 15) is 4.79 Å². The molecule has 1 unspecified atom stereocenters. The number of nitrogens with zero attached hydrogens (tertiary/aromatic N) is 1. The van der Waals surface area contributed by atoms with Crippen LogP contribution < -0.4 is 10.6 Å². The molecule has 1 atom stereocenters. The lowest BCUT2D eigenvalue weighted by molar-refractivity contribution is -0.127. The number of hydrogen-bond donors (Lipinski definition) is 2. The second kappa shape index (κ2) is 5.10. The first-order valence-corrected chi connectivity index (χ1v) is 6.42. The molecule has 5 heteroatoms. The molecule has 5 nitrogen and oxygen atoms in total. The Morgan fingerprint density at radius 2 is 2.44 bits per heavy atom. The Bertz CT molecular complexity index is 426. The summed E-state index contributed by atoms with van der Waals surface area (Å²) in [4.78, 5) is 12.2. The third-order valence-corrected chi connectivity index (χ3v) is 3.50. The minimum absolute atomic E-state index is 0.000333. The fraction of sp³-hybridized carbons (Fsp3) is 0.692. The highest BCUT2D eigenvalue weighted by atomic mass is 16.5. The van der Waals surface area contributed by atoms with Crippen LogP contribution in [0.1, 0.15) is 38.1 Å². The van der Waals surface area contributed by atoms with Crippen molar-refractivity contribution in [3.63, 3.8) is 0 Å². The Morgan fingerprint density at radius 3 is 3.06 bits per heavy atom. The summed E-state index contributed by atoms with van der Waals surface area (Å²) in [7, 11) is 0. The van der Waals surface area contributed by atoms with E-state index < -0.39 is 0 Å². The fourth-order valence-corrected chi connectivity index (χ4v) is 2.43. The highest BCUT2D eigenvalue weighted by molar-refractivity contribution is 5.82. The van der Waals surface area contributed by atoms with Gasteiger partial charge in [0, 0.05) is 6.07 Å². The fourth-order valence-electron chi connectivity index (χ4n) is 2.43. The summed E-state index contributed by atoms with van der Waals surface area (Å²) >= 11 is 0. The molecule has 0 aromatic carbocycles. The lowest BCUT2D eigenvalue weighted by Gasteiger charge is -2.38. The van der Waals surface area contributed by atoms with Gasteiger partial charge in [0.25, 0.3) is 0 Å². The van der Waals surface area contributed by atoms with Gasteiger partial charge in [-0.3, -0.25) is 4.79 Å². The summed E-state index contributed by atoms with van der Waals surface area (Å²) in [6, 6.07) is 1.70. The topological polar surface area (TPSA) is 67.2 Å². The Balaban J connectivity index is 1.91. The van der Waals surface area contributed by atoms with Crippen molar-refractivity contribution < 1.29 is 9.32 Å². The first-order valence-electron chi connectivity index (χ1n) is 6.42. The van der Waals surface area contributed by atoms with Gasteiger partial charge in [-0.2, -0.15) is 0 Å². The largest absolute Gasteiger partial charge is 0.359 e. The van der Waals surface area contributed by atoms with E-state index in [4.69, 9.17) is 4.52 Å². The minimum atomic E-state index is -0.129. The predicted molar refractivity (Wildman–Crippen MR) is 67.9 cm³/mol. The van der Waals surface area contributed by atoms with Crippen LogP contribution in [-0.4, -0.2) is 23.7 Å². The number of aryl methyl sites for hydroxylation is 1.